The molecule has 5 heteroatoms. The Morgan fingerprint density at radius 2 is 2.29 bits per heavy atom. The van der Waals surface area contributed by atoms with E-state index < -0.39 is 5.95 Å². The van der Waals surface area contributed by atoms with Gasteiger partial charge in [0, 0.05) is 26.8 Å². The summed E-state index contributed by atoms with van der Waals surface area (Å²) in [6.45, 7) is 0.560. The summed E-state index contributed by atoms with van der Waals surface area (Å²) in [5, 5.41) is 3.66. The van der Waals surface area contributed by atoms with Gasteiger partial charge in [0.25, 0.3) is 0 Å². The number of pyridine rings is 1. The fourth-order valence-electron chi connectivity index (χ4n) is 0.847. The predicted octanol–water partition coefficient (Wildman–Crippen LogP) is 1.16. The van der Waals surface area contributed by atoms with Gasteiger partial charge in [-0.3, -0.25) is 0 Å². The molecule has 0 spiro atoms. The molecule has 0 aromatic carbocycles. The maximum absolute atomic E-state index is 12.4. The van der Waals surface area contributed by atoms with Gasteiger partial charge in [0.2, 0.25) is 5.95 Å². The van der Waals surface area contributed by atoms with Crippen LogP contribution >= 0.6 is 12.2 Å². The molecule has 0 bridgehead atoms. The van der Waals surface area contributed by atoms with Crippen LogP contribution in [0.4, 0.5) is 4.39 Å². The van der Waals surface area contributed by atoms with Crippen LogP contribution in [0.1, 0.15) is 5.56 Å². The second-order valence-corrected chi connectivity index (χ2v) is 3.43. The highest BCUT2D eigenvalue weighted by atomic mass is 32.1. The summed E-state index contributed by atoms with van der Waals surface area (Å²) in [6.07, 6.45) is 1.49. The van der Waals surface area contributed by atoms with E-state index in [4.69, 9.17) is 12.2 Å². The molecule has 14 heavy (non-hydrogen) atoms. The normalized spacial score (nSPS) is 9.64. The molecule has 0 fully saturated rings. The van der Waals surface area contributed by atoms with Crippen LogP contribution in [0.15, 0.2) is 18.3 Å². The minimum Gasteiger partial charge on any atom is -0.358 e. The number of hydrogen-bond donors (Lipinski definition) is 1. The quantitative estimate of drug-likeness (QED) is 0.589. The highest BCUT2D eigenvalue weighted by molar-refractivity contribution is 7.80. The van der Waals surface area contributed by atoms with Gasteiger partial charge in [-0.05, 0) is 23.8 Å². The Morgan fingerprint density at radius 1 is 1.57 bits per heavy atom. The van der Waals surface area contributed by atoms with Crippen LogP contribution in [0.25, 0.3) is 0 Å². The van der Waals surface area contributed by atoms with Gasteiger partial charge in [-0.25, -0.2) is 4.98 Å². The average Bonchev–Trinajstić information content (AvgIpc) is 2.16. The van der Waals surface area contributed by atoms with E-state index in [1.165, 1.54) is 12.3 Å². The molecule has 0 radical (unpaired) electrons. The number of halogens is 1. The lowest BCUT2D eigenvalue weighted by Crippen LogP contribution is -2.33. The Balaban J connectivity index is 2.46. The van der Waals surface area contributed by atoms with E-state index in [0.717, 1.165) is 5.56 Å². The molecule has 1 aromatic heterocycles. The SMILES string of the molecule is CN(C)C(=S)NCc1ccc(F)nc1. The molecular formula is C9H12FN3S. The molecule has 0 unspecified atom stereocenters. The Kier molecular flexibility index (Phi) is 3.76. The first-order valence-corrected chi connectivity index (χ1v) is 4.56. The summed E-state index contributed by atoms with van der Waals surface area (Å²) < 4.78 is 12.4. The van der Waals surface area contributed by atoms with Crippen molar-refractivity contribution in [3.63, 3.8) is 0 Å². The fourth-order valence-corrected chi connectivity index (χ4v) is 0.919. The minimum atomic E-state index is -0.469. The first-order valence-electron chi connectivity index (χ1n) is 4.15. The lowest BCUT2D eigenvalue weighted by Gasteiger charge is -2.15. The second kappa shape index (κ2) is 4.85. The van der Waals surface area contributed by atoms with E-state index in [1.54, 1.807) is 11.0 Å². The van der Waals surface area contributed by atoms with Crippen molar-refractivity contribution in [2.75, 3.05) is 14.1 Å². The van der Waals surface area contributed by atoms with Gasteiger partial charge in [-0.15, -0.1) is 0 Å². The lowest BCUT2D eigenvalue weighted by atomic mass is 10.3. The number of hydrogen-bond acceptors (Lipinski definition) is 2. The number of rotatable bonds is 2. The van der Waals surface area contributed by atoms with Crippen LogP contribution in [-0.2, 0) is 6.54 Å². The van der Waals surface area contributed by atoms with E-state index >= 15 is 0 Å². The second-order valence-electron chi connectivity index (χ2n) is 3.04. The molecule has 3 nitrogen and oxygen atoms in total. The van der Waals surface area contributed by atoms with Crippen LogP contribution in [-0.4, -0.2) is 29.1 Å². The van der Waals surface area contributed by atoms with Gasteiger partial charge in [-0.1, -0.05) is 6.07 Å². The predicted molar refractivity (Wildman–Crippen MR) is 57.3 cm³/mol. The summed E-state index contributed by atoms with van der Waals surface area (Å²) in [6, 6.07) is 3.00. The van der Waals surface area contributed by atoms with E-state index in [2.05, 4.69) is 10.3 Å². The number of nitrogens with zero attached hydrogens (tertiary/aromatic N) is 2. The average molecular weight is 213 g/mol. The Labute approximate surface area is 87.9 Å². The maximum atomic E-state index is 12.4. The first kappa shape index (κ1) is 10.8. The molecular weight excluding hydrogens is 201 g/mol. The zero-order valence-corrected chi connectivity index (χ0v) is 8.94. The van der Waals surface area contributed by atoms with E-state index in [9.17, 15) is 4.39 Å². The zero-order chi connectivity index (χ0) is 10.6. The van der Waals surface area contributed by atoms with Gasteiger partial charge in [0.1, 0.15) is 0 Å². The minimum absolute atomic E-state index is 0.469. The van der Waals surface area contributed by atoms with Crippen LogP contribution in [0.5, 0.6) is 0 Å². The molecule has 0 saturated heterocycles. The lowest BCUT2D eigenvalue weighted by molar-refractivity contribution is 0.579. The van der Waals surface area contributed by atoms with Crippen LogP contribution < -0.4 is 5.32 Å². The Morgan fingerprint density at radius 3 is 2.79 bits per heavy atom. The topological polar surface area (TPSA) is 28.2 Å². The highest BCUT2D eigenvalue weighted by Gasteiger charge is 1.98. The summed E-state index contributed by atoms with van der Waals surface area (Å²) in [5.41, 5.74) is 0.899. The van der Waals surface area contributed by atoms with Crippen molar-refractivity contribution >= 4 is 17.3 Å². The molecule has 0 amide bonds. The standard InChI is InChI=1S/C9H12FN3S/c1-13(2)9(14)12-6-7-3-4-8(10)11-5-7/h3-5H,6H2,1-2H3,(H,12,14). The molecule has 1 heterocycles. The number of thiocarbonyl (C=S) groups is 1. The summed E-state index contributed by atoms with van der Waals surface area (Å²) in [5.74, 6) is -0.469. The molecule has 0 aliphatic heterocycles. The van der Waals surface area contributed by atoms with E-state index in [1.807, 2.05) is 14.1 Å². The van der Waals surface area contributed by atoms with Crippen molar-refractivity contribution in [2.45, 2.75) is 6.54 Å². The van der Waals surface area contributed by atoms with Crippen LogP contribution in [0, 0.1) is 5.95 Å². The summed E-state index contributed by atoms with van der Waals surface area (Å²) in [4.78, 5) is 5.34. The van der Waals surface area contributed by atoms with Crippen molar-refractivity contribution in [1.29, 1.82) is 0 Å². The molecule has 1 aromatic rings. The maximum Gasteiger partial charge on any atom is 0.212 e. The monoisotopic (exact) mass is 213 g/mol. The largest absolute Gasteiger partial charge is 0.358 e. The van der Waals surface area contributed by atoms with Crippen molar-refractivity contribution in [1.82, 2.24) is 15.2 Å². The third-order valence-corrected chi connectivity index (χ3v) is 2.15. The van der Waals surface area contributed by atoms with Crippen molar-refractivity contribution < 1.29 is 4.39 Å². The van der Waals surface area contributed by atoms with Crippen molar-refractivity contribution in [3.8, 4) is 0 Å². The Hall–Kier alpha value is -1.23. The molecule has 0 atom stereocenters. The van der Waals surface area contributed by atoms with Gasteiger partial charge < -0.3 is 10.2 Å². The third-order valence-electron chi connectivity index (χ3n) is 1.64. The van der Waals surface area contributed by atoms with Gasteiger partial charge in [0.05, 0.1) is 0 Å². The highest BCUT2D eigenvalue weighted by Crippen LogP contribution is 1.98. The molecule has 0 aliphatic rings. The molecule has 76 valence electrons. The van der Waals surface area contributed by atoms with Crippen LogP contribution in [0.3, 0.4) is 0 Å². The molecule has 0 aliphatic carbocycles. The first-order chi connectivity index (χ1) is 6.59. The van der Waals surface area contributed by atoms with Gasteiger partial charge in [0.15, 0.2) is 5.11 Å². The number of aromatic nitrogens is 1. The van der Waals surface area contributed by atoms with Crippen molar-refractivity contribution in [2.24, 2.45) is 0 Å². The zero-order valence-electron chi connectivity index (χ0n) is 8.12. The number of nitrogens with one attached hydrogen (secondary N) is 1. The van der Waals surface area contributed by atoms with Crippen molar-refractivity contribution in [3.05, 3.63) is 29.8 Å². The molecule has 0 saturated carbocycles. The fraction of sp³-hybridized carbons (Fsp3) is 0.333. The summed E-state index contributed by atoms with van der Waals surface area (Å²) in [7, 11) is 3.72. The van der Waals surface area contributed by atoms with Gasteiger partial charge >= 0.3 is 0 Å². The smallest absolute Gasteiger partial charge is 0.212 e. The van der Waals surface area contributed by atoms with E-state index in [-0.39, 0.29) is 0 Å². The molecule has 1 N–H and O–H groups in total. The molecule has 1 rings (SSSR count). The van der Waals surface area contributed by atoms with Gasteiger partial charge in [-0.2, -0.15) is 4.39 Å². The third kappa shape index (κ3) is 3.26. The Bertz CT molecular complexity index is 310. The van der Waals surface area contributed by atoms with E-state index in [0.29, 0.717) is 11.7 Å². The van der Waals surface area contributed by atoms with Crippen LogP contribution in [0.2, 0.25) is 0 Å². The summed E-state index contributed by atoms with van der Waals surface area (Å²) >= 11 is 5.02.